The molecule has 0 radical (unpaired) electrons. The van der Waals surface area contributed by atoms with Gasteiger partial charge in [-0.2, -0.15) is 0 Å². The van der Waals surface area contributed by atoms with Gasteiger partial charge < -0.3 is 5.32 Å². The summed E-state index contributed by atoms with van der Waals surface area (Å²) in [6.45, 7) is 9.28. The average Bonchev–Trinajstić information content (AvgIpc) is 2.25. The third kappa shape index (κ3) is 14.0. The van der Waals surface area contributed by atoms with Gasteiger partial charge in [0.1, 0.15) is 0 Å². The SMILES string of the molecule is CCCNCCCCCCCCCC(C)C. The molecule has 0 bridgehead atoms. The minimum atomic E-state index is 0.893. The molecule has 0 aliphatic heterocycles. The predicted molar refractivity (Wildman–Crippen MR) is 74.9 cm³/mol. The fourth-order valence-corrected chi connectivity index (χ4v) is 1.99. The van der Waals surface area contributed by atoms with Gasteiger partial charge in [0.15, 0.2) is 0 Å². The van der Waals surface area contributed by atoms with Crippen molar-refractivity contribution in [2.45, 2.75) is 78.6 Å². The molecule has 0 atom stereocenters. The molecule has 0 aromatic rings. The third-order valence-corrected chi connectivity index (χ3v) is 3.06. The molecule has 1 nitrogen and oxygen atoms in total. The minimum Gasteiger partial charge on any atom is -0.317 e. The number of rotatable bonds is 12. The van der Waals surface area contributed by atoms with Gasteiger partial charge in [-0.3, -0.25) is 0 Å². The maximum absolute atomic E-state index is 3.46. The Balaban J connectivity index is 2.88. The van der Waals surface area contributed by atoms with E-state index in [1.165, 1.54) is 70.9 Å². The van der Waals surface area contributed by atoms with Crippen molar-refractivity contribution in [3.05, 3.63) is 0 Å². The van der Waals surface area contributed by atoms with Crippen molar-refractivity contribution in [2.24, 2.45) is 5.92 Å². The zero-order valence-corrected chi connectivity index (χ0v) is 11.9. The zero-order chi connectivity index (χ0) is 12.1. The molecule has 0 aromatic heterocycles. The molecule has 98 valence electrons. The molecule has 0 aliphatic rings. The van der Waals surface area contributed by atoms with E-state index >= 15 is 0 Å². The molecule has 1 N–H and O–H groups in total. The van der Waals surface area contributed by atoms with Crippen molar-refractivity contribution in [1.29, 1.82) is 0 Å². The molecule has 0 aromatic carbocycles. The van der Waals surface area contributed by atoms with Crippen LogP contribution in [0.3, 0.4) is 0 Å². The highest BCUT2D eigenvalue weighted by Gasteiger charge is 1.94. The molecule has 0 saturated carbocycles. The molecule has 0 aliphatic carbocycles. The highest BCUT2D eigenvalue weighted by Crippen LogP contribution is 2.11. The smallest absolute Gasteiger partial charge is 0.00489 e. The molecule has 0 amide bonds. The molecular formula is C15H33N. The summed E-state index contributed by atoms with van der Waals surface area (Å²) in [6, 6.07) is 0. The first-order valence-corrected chi connectivity index (χ1v) is 7.48. The van der Waals surface area contributed by atoms with E-state index in [-0.39, 0.29) is 0 Å². The number of hydrogen-bond acceptors (Lipinski definition) is 1. The Hall–Kier alpha value is -0.0400. The van der Waals surface area contributed by atoms with Gasteiger partial charge in [0.2, 0.25) is 0 Å². The molecule has 0 unspecified atom stereocenters. The number of unbranched alkanes of at least 4 members (excludes halogenated alkanes) is 6. The second-order valence-electron chi connectivity index (χ2n) is 5.41. The summed E-state index contributed by atoms with van der Waals surface area (Å²) in [5.74, 6) is 0.893. The van der Waals surface area contributed by atoms with E-state index in [0.717, 1.165) is 5.92 Å². The fraction of sp³-hybridized carbons (Fsp3) is 1.00. The van der Waals surface area contributed by atoms with Crippen molar-refractivity contribution >= 4 is 0 Å². The average molecular weight is 227 g/mol. The van der Waals surface area contributed by atoms with Crippen LogP contribution in [-0.2, 0) is 0 Å². The molecule has 0 saturated heterocycles. The highest BCUT2D eigenvalue weighted by atomic mass is 14.8. The van der Waals surface area contributed by atoms with Gasteiger partial charge in [-0.05, 0) is 31.8 Å². The summed E-state index contributed by atoms with van der Waals surface area (Å²) in [5, 5.41) is 3.46. The Morgan fingerprint density at radius 2 is 1.31 bits per heavy atom. The van der Waals surface area contributed by atoms with Crippen LogP contribution in [0.15, 0.2) is 0 Å². The summed E-state index contributed by atoms with van der Waals surface area (Å²) in [4.78, 5) is 0. The van der Waals surface area contributed by atoms with E-state index in [1.807, 2.05) is 0 Å². The van der Waals surface area contributed by atoms with Crippen LogP contribution in [0.5, 0.6) is 0 Å². The first kappa shape index (κ1) is 16.0. The van der Waals surface area contributed by atoms with E-state index in [0.29, 0.717) is 0 Å². The summed E-state index contributed by atoms with van der Waals surface area (Å²) in [5.41, 5.74) is 0. The Morgan fingerprint density at radius 3 is 1.88 bits per heavy atom. The summed E-state index contributed by atoms with van der Waals surface area (Å²) in [7, 11) is 0. The lowest BCUT2D eigenvalue weighted by atomic mass is 10.0. The first-order chi connectivity index (χ1) is 7.77. The van der Waals surface area contributed by atoms with Gasteiger partial charge in [0.05, 0.1) is 0 Å². The Kier molecular flexibility index (Phi) is 13.0. The normalized spacial score (nSPS) is 11.2. The van der Waals surface area contributed by atoms with Crippen molar-refractivity contribution < 1.29 is 0 Å². The van der Waals surface area contributed by atoms with Crippen LogP contribution in [0.4, 0.5) is 0 Å². The first-order valence-electron chi connectivity index (χ1n) is 7.48. The second-order valence-corrected chi connectivity index (χ2v) is 5.41. The van der Waals surface area contributed by atoms with E-state index in [2.05, 4.69) is 26.1 Å². The van der Waals surface area contributed by atoms with E-state index in [4.69, 9.17) is 0 Å². The molecule has 0 rings (SSSR count). The monoisotopic (exact) mass is 227 g/mol. The van der Waals surface area contributed by atoms with Gasteiger partial charge in [0.25, 0.3) is 0 Å². The molecule has 0 heterocycles. The van der Waals surface area contributed by atoms with Gasteiger partial charge in [-0.25, -0.2) is 0 Å². The largest absolute Gasteiger partial charge is 0.317 e. The fourth-order valence-electron chi connectivity index (χ4n) is 1.99. The molecule has 0 fully saturated rings. The number of nitrogens with one attached hydrogen (secondary N) is 1. The lowest BCUT2D eigenvalue weighted by Gasteiger charge is -2.05. The second kappa shape index (κ2) is 13.0. The molecule has 0 spiro atoms. The Morgan fingerprint density at radius 1 is 0.750 bits per heavy atom. The van der Waals surface area contributed by atoms with Crippen molar-refractivity contribution in [3.63, 3.8) is 0 Å². The lowest BCUT2D eigenvalue weighted by molar-refractivity contribution is 0.506. The van der Waals surface area contributed by atoms with Crippen LogP contribution in [0, 0.1) is 5.92 Å². The topological polar surface area (TPSA) is 12.0 Å². The molecule has 1 heteroatoms. The maximum Gasteiger partial charge on any atom is -0.00489 e. The predicted octanol–water partition coefficient (Wildman–Crippen LogP) is 4.76. The van der Waals surface area contributed by atoms with E-state index < -0.39 is 0 Å². The van der Waals surface area contributed by atoms with Crippen LogP contribution in [0.2, 0.25) is 0 Å². The van der Waals surface area contributed by atoms with Crippen LogP contribution < -0.4 is 5.32 Å². The zero-order valence-electron chi connectivity index (χ0n) is 11.9. The quantitative estimate of drug-likeness (QED) is 0.474. The lowest BCUT2D eigenvalue weighted by Crippen LogP contribution is -2.15. The summed E-state index contributed by atoms with van der Waals surface area (Å²) >= 11 is 0. The van der Waals surface area contributed by atoms with E-state index in [1.54, 1.807) is 0 Å². The Bertz CT molecular complexity index is 121. The van der Waals surface area contributed by atoms with Gasteiger partial charge >= 0.3 is 0 Å². The number of hydrogen-bond donors (Lipinski definition) is 1. The van der Waals surface area contributed by atoms with Crippen LogP contribution in [0.25, 0.3) is 0 Å². The third-order valence-electron chi connectivity index (χ3n) is 3.06. The van der Waals surface area contributed by atoms with Gasteiger partial charge in [0, 0.05) is 0 Å². The van der Waals surface area contributed by atoms with Crippen LogP contribution >= 0.6 is 0 Å². The minimum absolute atomic E-state index is 0.893. The molecular weight excluding hydrogens is 194 g/mol. The standard InChI is InChI=1S/C15H33N/c1-4-13-16-14-11-9-7-5-6-8-10-12-15(2)3/h15-16H,4-14H2,1-3H3. The van der Waals surface area contributed by atoms with Crippen molar-refractivity contribution in [3.8, 4) is 0 Å². The Labute approximate surface area is 103 Å². The molecule has 16 heavy (non-hydrogen) atoms. The van der Waals surface area contributed by atoms with Crippen LogP contribution in [-0.4, -0.2) is 13.1 Å². The van der Waals surface area contributed by atoms with Gasteiger partial charge in [-0.15, -0.1) is 0 Å². The van der Waals surface area contributed by atoms with Crippen LogP contribution in [0.1, 0.15) is 78.6 Å². The summed E-state index contributed by atoms with van der Waals surface area (Å²) < 4.78 is 0. The van der Waals surface area contributed by atoms with Crippen molar-refractivity contribution in [1.82, 2.24) is 5.32 Å². The van der Waals surface area contributed by atoms with Crippen molar-refractivity contribution in [2.75, 3.05) is 13.1 Å². The van der Waals surface area contributed by atoms with E-state index in [9.17, 15) is 0 Å². The highest BCUT2D eigenvalue weighted by molar-refractivity contribution is 4.51. The summed E-state index contributed by atoms with van der Waals surface area (Å²) in [6.07, 6.45) is 12.7. The maximum atomic E-state index is 3.46. The van der Waals surface area contributed by atoms with Gasteiger partial charge in [-0.1, -0.05) is 65.7 Å².